The Morgan fingerprint density at radius 3 is 1.68 bits per heavy atom. The minimum Gasteiger partial charge on any atom is -0.305 e. The minimum atomic E-state index is -3.67. The zero-order chi connectivity index (χ0) is 25.8. The first-order valence-electron chi connectivity index (χ1n) is 12.8. The third-order valence-corrected chi connectivity index (χ3v) is 8.74. The van der Waals surface area contributed by atoms with E-state index in [0.29, 0.717) is 5.44 Å². The second-order valence-corrected chi connectivity index (χ2v) is 10.9. The molecular formula is C32H32NO3P. The highest BCUT2D eigenvalue weighted by Crippen LogP contribution is 2.51. The molecule has 0 aliphatic rings. The molecule has 5 heteroatoms. The lowest BCUT2D eigenvalue weighted by Gasteiger charge is -2.25. The summed E-state index contributed by atoms with van der Waals surface area (Å²) in [6.45, 7) is 6.33. The number of hydrogen-bond donors (Lipinski definition) is 0. The number of fused-ring (bicyclic) bond motifs is 1. The minimum absolute atomic E-state index is 0.112. The van der Waals surface area contributed by atoms with Gasteiger partial charge in [-0.05, 0) is 44.0 Å². The number of benzene rings is 4. The molecule has 0 bridgehead atoms. The van der Waals surface area contributed by atoms with E-state index in [4.69, 9.17) is 9.05 Å². The van der Waals surface area contributed by atoms with Gasteiger partial charge in [0.2, 0.25) is 0 Å². The Hall–Kier alpha value is -3.43. The summed E-state index contributed by atoms with van der Waals surface area (Å²) in [5, 5.41) is 1.90. The molecule has 0 saturated carbocycles. The monoisotopic (exact) mass is 509 g/mol. The van der Waals surface area contributed by atoms with Crippen LogP contribution in [0.1, 0.15) is 42.1 Å². The van der Waals surface area contributed by atoms with Crippen molar-refractivity contribution in [2.45, 2.75) is 26.7 Å². The third kappa shape index (κ3) is 4.81. The molecule has 4 nitrogen and oxygen atoms in total. The molecule has 0 saturated heterocycles. The highest BCUT2D eigenvalue weighted by atomic mass is 31.2. The van der Waals surface area contributed by atoms with E-state index >= 15 is 0 Å². The summed E-state index contributed by atoms with van der Waals surface area (Å²) >= 11 is 0. The summed E-state index contributed by atoms with van der Waals surface area (Å²) < 4.78 is 28.6. The summed E-state index contributed by atoms with van der Waals surface area (Å²) in [5.41, 5.74) is 5.99. The van der Waals surface area contributed by atoms with Crippen LogP contribution < -0.4 is 5.44 Å². The van der Waals surface area contributed by atoms with Crippen LogP contribution in [0.15, 0.2) is 109 Å². The van der Waals surface area contributed by atoms with Gasteiger partial charge >= 0.3 is 7.60 Å². The summed E-state index contributed by atoms with van der Waals surface area (Å²) in [7, 11) is -3.67. The van der Waals surface area contributed by atoms with Crippen molar-refractivity contribution in [1.29, 1.82) is 0 Å². The Morgan fingerprint density at radius 1 is 0.676 bits per heavy atom. The summed E-state index contributed by atoms with van der Waals surface area (Å²) in [5.74, 6) is -0.112. The largest absolute Gasteiger partial charge is 0.378 e. The van der Waals surface area contributed by atoms with Gasteiger partial charge in [-0.2, -0.15) is 0 Å². The van der Waals surface area contributed by atoms with Crippen LogP contribution in [0.3, 0.4) is 0 Å². The molecule has 37 heavy (non-hydrogen) atoms. The lowest BCUT2D eigenvalue weighted by molar-refractivity contribution is 0.229. The molecular weight excluding hydrogens is 477 g/mol. The Morgan fingerprint density at radius 2 is 1.16 bits per heavy atom. The predicted octanol–water partition coefficient (Wildman–Crippen LogP) is 8.01. The van der Waals surface area contributed by atoms with Gasteiger partial charge in [0.05, 0.1) is 19.1 Å². The number of hydrogen-bond acceptors (Lipinski definition) is 3. The van der Waals surface area contributed by atoms with E-state index in [1.165, 1.54) is 0 Å². The van der Waals surface area contributed by atoms with Gasteiger partial charge in [-0.25, -0.2) is 0 Å². The lowest BCUT2D eigenvalue weighted by Crippen LogP contribution is -2.23. The summed E-state index contributed by atoms with van der Waals surface area (Å²) in [4.78, 5) is 0. The number of nitrogens with zero attached hydrogens (tertiary/aromatic N) is 1. The van der Waals surface area contributed by atoms with Crippen LogP contribution in [0.25, 0.3) is 16.5 Å². The van der Waals surface area contributed by atoms with Crippen LogP contribution in [0.2, 0.25) is 0 Å². The zero-order valence-electron chi connectivity index (χ0n) is 21.5. The molecule has 0 atom stereocenters. The number of rotatable bonds is 9. The second-order valence-electron chi connectivity index (χ2n) is 9.01. The third-order valence-electron chi connectivity index (χ3n) is 6.59. The van der Waals surface area contributed by atoms with Crippen LogP contribution in [-0.2, 0) is 13.6 Å². The van der Waals surface area contributed by atoms with Crippen molar-refractivity contribution in [1.82, 2.24) is 4.57 Å². The maximum Gasteiger partial charge on any atom is 0.378 e. The molecule has 188 valence electrons. The Balaban J connectivity index is 1.95. The Kier molecular flexibility index (Phi) is 7.43. The molecule has 0 amide bonds. The van der Waals surface area contributed by atoms with Gasteiger partial charge in [-0.3, -0.25) is 4.57 Å². The van der Waals surface area contributed by atoms with E-state index in [9.17, 15) is 4.57 Å². The fourth-order valence-corrected chi connectivity index (χ4v) is 7.02. The van der Waals surface area contributed by atoms with Crippen molar-refractivity contribution in [3.05, 3.63) is 132 Å². The quantitative estimate of drug-likeness (QED) is 0.189. The van der Waals surface area contributed by atoms with Crippen molar-refractivity contribution >= 4 is 23.8 Å². The van der Waals surface area contributed by atoms with E-state index < -0.39 is 7.60 Å². The predicted molar refractivity (Wildman–Crippen MR) is 152 cm³/mol. The standard InChI is InChI=1S/C32H32NO3P/c1-4-35-37(34,36-5-2)32-29-19-13-12-18-28(29)31(33(32)27-22-20-24(3)21-23-27)30(25-14-8-6-9-15-25)26-16-10-7-11-17-26/h6-23,30H,4-5H2,1-3H3. The van der Waals surface area contributed by atoms with Crippen LogP contribution in [0.4, 0.5) is 0 Å². The van der Waals surface area contributed by atoms with Gasteiger partial charge in [-0.15, -0.1) is 0 Å². The van der Waals surface area contributed by atoms with Crippen molar-refractivity contribution in [2.75, 3.05) is 13.2 Å². The average molecular weight is 510 g/mol. The molecule has 4 aromatic carbocycles. The molecule has 0 fully saturated rings. The van der Waals surface area contributed by atoms with E-state index in [-0.39, 0.29) is 19.1 Å². The molecule has 0 aliphatic heterocycles. The van der Waals surface area contributed by atoms with Crippen molar-refractivity contribution in [3.63, 3.8) is 0 Å². The van der Waals surface area contributed by atoms with E-state index in [2.05, 4.69) is 90.4 Å². The second kappa shape index (κ2) is 10.9. The number of aryl methyl sites for hydroxylation is 1. The van der Waals surface area contributed by atoms with Gasteiger partial charge in [0.1, 0.15) is 5.44 Å². The maximum atomic E-state index is 14.5. The molecule has 5 aromatic rings. The fourth-order valence-electron chi connectivity index (χ4n) is 5.06. The average Bonchev–Trinajstić information content (AvgIpc) is 3.26. The van der Waals surface area contributed by atoms with Crippen LogP contribution >= 0.6 is 7.60 Å². The van der Waals surface area contributed by atoms with Gasteiger partial charge in [0.15, 0.2) is 0 Å². The molecule has 1 heterocycles. The summed E-state index contributed by atoms with van der Waals surface area (Å²) in [6, 6.07) is 37.4. The van der Waals surface area contributed by atoms with Crippen molar-refractivity contribution in [2.24, 2.45) is 0 Å². The molecule has 0 spiro atoms. The topological polar surface area (TPSA) is 40.5 Å². The van der Waals surface area contributed by atoms with Crippen molar-refractivity contribution < 1.29 is 13.6 Å². The van der Waals surface area contributed by atoms with E-state index in [1.807, 2.05) is 44.2 Å². The normalized spacial score (nSPS) is 11.9. The molecule has 5 rings (SSSR count). The van der Waals surface area contributed by atoms with Gasteiger partial charge < -0.3 is 13.6 Å². The van der Waals surface area contributed by atoms with E-state index in [1.54, 1.807) is 0 Å². The molecule has 0 aliphatic carbocycles. The van der Waals surface area contributed by atoms with Crippen LogP contribution in [0.5, 0.6) is 0 Å². The molecule has 0 unspecified atom stereocenters. The summed E-state index contributed by atoms with van der Waals surface area (Å²) in [6.07, 6.45) is 0. The maximum absolute atomic E-state index is 14.5. The highest BCUT2D eigenvalue weighted by Gasteiger charge is 2.37. The number of aromatic nitrogens is 1. The molecule has 1 aromatic heterocycles. The van der Waals surface area contributed by atoms with Gasteiger partial charge in [0.25, 0.3) is 0 Å². The first-order chi connectivity index (χ1) is 18.1. The Bertz CT molecular complexity index is 1480. The zero-order valence-corrected chi connectivity index (χ0v) is 22.4. The lowest BCUT2D eigenvalue weighted by atomic mass is 9.87. The van der Waals surface area contributed by atoms with E-state index in [0.717, 1.165) is 38.8 Å². The molecule has 0 N–H and O–H groups in total. The Labute approximate surface area is 219 Å². The van der Waals surface area contributed by atoms with Crippen LogP contribution in [0, 0.1) is 6.92 Å². The fraction of sp³-hybridized carbons (Fsp3) is 0.188. The highest BCUT2D eigenvalue weighted by molar-refractivity contribution is 7.62. The van der Waals surface area contributed by atoms with Gasteiger partial charge in [0, 0.05) is 22.2 Å². The van der Waals surface area contributed by atoms with Crippen LogP contribution in [-0.4, -0.2) is 17.8 Å². The van der Waals surface area contributed by atoms with Gasteiger partial charge in [-0.1, -0.05) is 103 Å². The smallest absolute Gasteiger partial charge is 0.305 e. The SMILES string of the molecule is CCOP(=O)(OCC)c1c2ccccc2c(C(c2ccccc2)c2ccccc2)n1-c1ccc(C)cc1. The molecule has 0 radical (unpaired) electrons. The first kappa shape index (κ1) is 25.2. The first-order valence-corrected chi connectivity index (χ1v) is 14.3. The van der Waals surface area contributed by atoms with Crippen molar-refractivity contribution in [3.8, 4) is 5.69 Å².